The summed E-state index contributed by atoms with van der Waals surface area (Å²) in [6.07, 6.45) is -2.60. The topological polar surface area (TPSA) is 87.3 Å². The molecule has 0 saturated heterocycles. The number of hydrogen-bond acceptors (Lipinski definition) is 4. The molecule has 2 aromatic rings. The summed E-state index contributed by atoms with van der Waals surface area (Å²) in [5.74, 6) is -2.96. The van der Waals surface area contributed by atoms with E-state index in [0.29, 0.717) is 0 Å². The number of alkyl halides is 2. The minimum atomic E-state index is -3.02. The van der Waals surface area contributed by atoms with E-state index in [9.17, 15) is 33.4 Å². The van der Waals surface area contributed by atoms with Crippen LogP contribution in [0.5, 0.6) is 0 Å². The van der Waals surface area contributed by atoms with Crippen LogP contribution in [-0.4, -0.2) is 11.1 Å². The van der Waals surface area contributed by atoms with E-state index in [1.54, 1.807) is 0 Å². The molecular weight excluding hydrogens is 370 g/mol. The van der Waals surface area contributed by atoms with Crippen molar-refractivity contribution in [3.05, 3.63) is 57.3 Å². The van der Waals surface area contributed by atoms with Crippen LogP contribution in [0.25, 0.3) is 11.1 Å². The number of aliphatic hydroxyl groups is 1. The van der Waals surface area contributed by atoms with Gasteiger partial charge in [-0.2, -0.15) is 4.73 Å². The van der Waals surface area contributed by atoms with Crippen LogP contribution in [0.1, 0.15) is 29.7 Å². The molecule has 0 saturated carbocycles. The Hall–Kier alpha value is -1.72. The zero-order valence-corrected chi connectivity index (χ0v) is 14.2. The van der Waals surface area contributed by atoms with Gasteiger partial charge in [-0.1, -0.05) is 17.7 Å². The second-order valence-corrected chi connectivity index (χ2v) is 6.11. The Balaban J connectivity index is 0.00000243. The van der Waals surface area contributed by atoms with E-state index in [4.69, 9.17) is 11.6 Å². The SMILES string of the molecule is O=C([O-])C1(O)CCc2cc(-c3c(C(F)F)ccc(Cl)c3F)c[n+]([O-])c21.[Li+]. The number of carboxylic acid groups (broad SMARTS) is 1. The van der Waals surface area contributed by atoms with Gasteiger partial charge in [-0.15, -0.1) is 0 Å². The fourth-order valence-electron chi connectivity index (χ4n) is 3.07. The van der Waals surface area contributed by atoms with Crippen LogP contribution >= 0.6 is 11.6 Å². The summed E-state index contributed by atoms with van der Waals surface area (Å²) in [5.41, 5.74) is -4.22. The molecule has 10 heteroatoms. The van der Waals surface area contributed by atoms with Crippen LogP contribution in [0.4, 0.5) is 13.2 Å². The van der Waals surface area contributed by atoms with Gasteiger partial charge in [0, 0.05) is 16.7 Å². The second-order valence-electron chi connectivity index (χ2n) is 5.70. The maximum absolute atomic E-state index is 14.3. The number of aromatic nitrogens is 1. The minimum absolute atomic E-state index is 0. The standard InChI is InChI=1S/C16H11ClF3NO4.Li/c17-10-2-1-9(14(19)20)11(12(10)18)8-5-7-3-4-16(24,15(22)23)13(7)21(25)6-8;/h1-2,5-6,14,24H,3-4H2,(H,22,23);/q;+1/p-1. The third-order valence-corrected chi connectivity index (χ3v) is 4.54. The van der Waals surface area contributed by atoms with E-state index in [1.807, 2.05) is 0 Å². The summed E-state index contributed by atoms with van der Waals surface area (Å²) in [4.78, 5) is 11.1. The van der Waals surface area contributed by atoms with Gasteiger partial charge in [-0.25, -0.2) is 13.2 Å². The number of nitrogens with zero attached hydrogens (tertiary/aromatic N) is 1. The van der Waals surface area contributed by atoms with E-state index in [2.05, 4.69) is 0 Å². The number of aryl methyl sites for hydroxylation is 1. The molecule has 5 nitrogen and oxygen atoms in total. The molecule has 26 heavy (non-hydrogen) atoms. The molecule has 1 aromatic heterocycles. The Bertz CT molecular complexity index is 896. The van der Waals surface area contributed by atoms with Crippen LogP contribution in [0.15, 0.2) is 24.4 Å². The first-order valence-corrected chi connectivity index (χ1v) is 7.51. The first kappa shape index (κ1) is 20.6. The summed E-state index contributed by atoms with van der Waals surface area (Å²) < 4.78 is 40.8. The molecule has 1 aliphatic rings. The third-order valence-electron chi connectivity index (χ3n) is 4.25. The predicted molar refractivity (Wildman–Crippen MR) is 78.0 cm³/mol. The van der Waals surface area contributed by atoms with Gasteiger partial charge < -0.3 is 20.2 Å². The smallest absolute Gasteiger partial charge is 0.618 e. The Labute approximate surface area is 162 Å². The van der Waals surface area contributed by atoms with Crippen molar-refractivity contribution in [2.45, 2.75) is 24.9 Å². The minimum Gasteiger partial charge on any atom is -0.618 e. The van der Waals surface area contributed by atoms with Crippen LogP contribution < -0.4 is 28.7 Å². The summed E-state index contributed by atoms with van der Waals surface area (Å²) >= 11 is 5.65. The molecule has 1 aromatic carbocycles. The molecule has 1 aliphatic carbocycles. The number of rotatable bonds is 3. The number of halogens is 4. The van der Waals surface area contributed by atoms with Crippen LogP contribution in [0, 0.1) is 11.0 Å². The molecule has 1 unspecified atom stereocenters. The van der Waals surface area contributed by atoms with E-state index in [-0.39, 0.29) is 47.6 Å². The molecule has 0 fully saturated rings. The van der Waals surface area contributed by atoms with Gasteiger partial charge in [-0.05, 0) is 25.0 Å². The largest absolute Gasteiger partial charge is 1.00 e. The molecule has 0 aliphatic heterocycles. The number of pyridine rings is 1. The molecule has 0 radical (unpaired) electrons. The number of fused-ring (bicyclic) bond motifs is 1. The van der Waals surface area contributed by atoms with Crippen molar-refractivity contribution in [3.8, 4) is 11.1 Å². The Morgan fingerprint density at radius 3 is 2.62 bits per heavy atom. The predicted octanol–water partition coefficient (Wildman–Crippen LogP) is -1.40. The molecule has 0 bridgehead atoms. The molecule has 0 amide bonds. The van der Waals surface area contributed by atoms with Crippen LogP contribution in [-0.2, 0) is 16.8 Å². The van der Waals surface area contributed by atoms with Gasteiger partial charge >= 0.3 is 18.9 Å². The number of aliphatic carboxylic acids is 1. The van der Waals surface area contributed by atoms with Crippen molar-refractivity contribution in [2.24, 2.45) is 0 Å². The first-order valence-electron chi connectivity index (χ1n) is 7.13. The normalized spacial score (nSPS) is 18.5. The van der Waals surface area contributed by atoms with E-state index < -0.39 is 45.7 Å². The zero-order valence-electron chi connectivity index (χ0n) is 13.4. The summed E-state index contributed by atoms with van der Waals surface area (Å²) in [6, 6.07) is 3.13. The molecule has 1 heterocycles. The van der Waals surface area contributed by atoms with Crippen molar-refractivity contribution < 1.29 is 51.8 Å². The first-order chi connectivity index (χ1) is 11.7. The van der Waals surface area contributed by atoms with Gasteiger partial charge in [0.2, 0.25) is 5.69 Å². The molecule has 132 valence electrons. The molecule has 1 atom stereocenters. The number of carbonyl (C=O) groups is 1. The monoisotopic (exact) mass is 379 g/mol. The maximum atomic E-state index is 14.3. The van der Waals surface area contributed by atoms with E-state index in [1.165, 1.54) is 6.07 Å². The Kier molecular flexibility index (Phi) is 5.64. The number of carboxylic acids is 1. The van der Waals surface area contributed by atoms with Crippen molar-refractivity contribution in [1.29, 1.82) is 0 Å². The van der Waals surface area contributed by atoms with Crippen LogP contribution in [0.2, 0.25) is 5.02 Å². The summed E-state index contributed by atoms with van der Waals surface area (Å²) in [5, 5.41) is 33.1. The fourth-order valence-corrected chi connectivity index (χ4v) is 3.23. The molecule has 3 rings (SSSR count). The van der Waals surface area contributed by atoms with E-state index in [0.717, 1.165) is 18.3 Å². The Morgan fingerprint density at radius 2 is 2.04 bits per heavy atom. The average Bonchev–Trinajstić information content (AvgIpc) is 2.88. The molecule has 1 N–H and O–H groups in total. The summed E-state index contributed by atoms with van der Waals surface area (Å²) in [6.45, 7) is 0. The van der Waals surface area contributed by atoms with Crippen molar-refractivity contribution >= 4 is 17.6 Å². The molecule has 0 spiro atoms. The quantitative estimate of drug-likeness (QED) is 0.404. The van der Waals surface area contributed by atoms with Gasteiger partial charge in [0.05, 0.1) is 16.6 Å². The number of benzene rings is 1. The van der Waals surface area contributed by atoms with Gasteiger partial charge in [0.1, 0.15) is 5.82 Å². The van der Waals surface area contributed by atoms with Gasteiger partial charge in [0.15, 0.2) is 11.8 Å². The average molecular weight is 380 g/mol. The zero-order chi connectivity index (χ0) is 18.5. The number of carbonyl (C=O) groups excluding carboxylic acids is 1. The van der Waals surface area contributed by atoms with Crippen LogP contribution in [0.3, 0.4) is 0 Å². The molecular formula is C16H10ClF3LiNO4. The van der Waals surface area contributed by atoms with Crippen molar-refractivity contribution in [1.82, 2.24) is 0 Å². The van der Waals surface area contributed by atoms with Crippen molar-refractivity contribution in [3.63, 3.8) is 0 Å². The summed E-state index contributed by atoms with van der Waals surface area (Å²) in [7, 11) is 0. The number of hydrogen-bond donors (Lipinski definition) is 1. The van der Waals surface area contributed by atoms with Gasteiger partial charge in [-0.3, -0.25) is 0 Å². The fraction of sp³-hybridized carbons (Fsp3) is 0.250. The van der Waals surface area contributed by atoms with Gasteiger partial charge in [0.25, 0.3) is 6.43 Å². The second kappa shape index (κ2) is 7.12. The Morgan fingerprint density at radius 1 is 1.38 bits per heavy atom. The van der Waals surface area contributed by atoms with Crippen molar-refractivity contribution in [2.75, 3.05) is 0 Å². The van der Waals surface area contributed by atoms with E-state index >= 15 is 0 Å². The third kappa shape index (κ3) is 3.07. The maximum Gasteiger partial charge on any atom is 1.00 e.